The second kappa shape index (κ2) is 5.37. The molecule has 0 radical (unpaired) electrons. The zero-order valence-electron chi connectivity index (χ0n) is 15.9. The Morgan fingerprint density at radius 1 is 1.04 bits per heavy atom. The predicted molar refractivity (Wildman–Crippen MR) is 110 cm³/mol. The minimum Gasteiger partial charge on any atom is -0.463 e. The number of ether oxygens (including phenoxy) is 1. The summed E-state index contributed by atoms with van der Waals surface area (Å²) >= 11 is 0. The second-order valence-electron chi connectivity index (χ2n) is 8.02. The molecule has 2 heterocycles. The van der Waals surface area contributed by atoms with Crippen molar-refractivity contribution >= 4 is 22.5 Å². The van der Waals surface area contributed by atoms with Crippen LogP contribution in [0.3, 0.4) is 0 Å². The Bertz CT molecular complexity index is 1100. The van der Waals surface area contributed by atoms with Crippen molar-refractivity contribution in [3.8, 4) is 5.75 Å². The lowest BCUT2D eigenvalue weighted by Gasteiger charge is -2.46. The van der Waals surface area contributed by atoms with Crippen LogP contribution in [0.4, 0.5) is 5.69 Å². The monoisotopic (exact) mass is 357 g/mol. The summed E-state index contributed by atoms with van der Waals surface area (Å²) in [5.74, 6) is 0.909. The molecule has 1 N–H and O–H groups in total. The Morgan fingerprint density at radius 3 is 2.67 bits per heavy atom. The van der Waals surface area contributed by atoms with Gasteiger partial charge in [-0.05, 0) is 60.0 Å². The van der Waals surface area contributed by atoms with Gasteiger partial charge in [0.05, 0.1) is 12.0 Å². The maximum absolute atomic E-state index is 9.55. The van der Waals surface area contributed by atoms with E-state index in [1.165, 1.54) is 16.3 Å². The van der Waals surface area contributed by atoms with Crippen molar-refractivity contribution in [2.24, 2.45) is 0 Å². The molecule has 2 aliphatic heterocycles. The summed E-state index contributed by atoms with van der Waals surface area (Å²) in [5.41, 5.74) is 3.55. The molecule has 27 heavy (non-hydrogen) atoms. The fourth-order valence-corrected chi connectivity index (χ4v) is 4.72. The fourth-order valence-electron chi connectivity index (χ4n) is 4.72. The molecule has 3 aromatic rings. The van der Waals surface area contributed by atoms with Gasteiger partial charge in [0.1, 0.15) is 5.75 Å². The average molecular weight is 357 g/mol. The quantitative estimate of drug-likeness (QED) is 0.675. The normalized spacial score (nSPS) is 22.0. The van der Waals surface area contributed by atoms with E-state index in [2.05, 4.69) is 86.5 Å². The zero-order valence-corrected chi connectivity index (χ0v) is 15.9. The molecule has 136 valence electrons. The van der Waals surface area contributed by atoms with Gasteiger partial charge in [-0.2, -0.15) is 0 Å². The van der Waals surface area contributed by atoms with Gasteiger partial charge in [-0.3, -0.25) is 0 Å². The van der Waals surface area contributed by atoms with Crippen LogP contribution in [0.5, 0.6) is 5.75 Å². The van der Waals surface area contributed by atoms with Crippen LogP contribution in [0.15, 0.2) is 60.7 Å². The molecule has 3 aromatic carbocycles. The third-order valence-electron chi connectivity index (χ3n) is 6.35. The summed E-state index contributed by atoms with van der Waals surface area (Å²) < 4.78 is 6.75. The van der Waals surface area contributed by atoms with Crippen molar-refractivity contribution < 1.29 is 9.84 Å². The van der Waals surface area contributed by atoms with Crippen molar-refractivity contribution in [2.75, 3.05) is 11.9 Å². The maximum atomic E-state index is 9.55. The molecule has 1 unspecified atom stereocenters. The number of aliphatic hydroxyl groups excluding tert-OH is 1. The SMILES string of the molecule is CN1c2cc(CO)ccc2C(C)(C)C12C=Cc1c(ccc3ccccc13)O2. The number of likely N-dealkylation sites (N-methyl/N-ethyl adjacent to an activating group) is 1. The highest BCUT2D eigenvalue weighted by Gasteiger charge is 2.57. The lowest BCUT2D eigenvalue weighted by Crippen LogP contribution is -2.58. The van der Waals surface area contributed by atoms with Crippen LogP contribution >= 0.6 is 0 Å². The molecule has 3 heteroatoms. The van der Waals surface area contributed by atoms with Crippen LogP contribution in [0.2, 0.25) is 0 Å². The Hall–Kier alpha value is -2.78. The molecule has 0 saturated carbocycles. The van der Waals surface area contributed by atoms with E-state index in [4.69, 9.17) is 4.74 Å². The van der Waals surface area contributed by atoms with Crippen LogP contribution in [-0.4, -0.2) is 17.9 Å². The zero-order chi connectivity index (χ0) is 18.8. The molecule has 2 aliphatic rings. The van der Waals surface area contributed by atoms with Gasteiger partial charge in [0.2, 0.25) is 5.72 Å². The molecule has 1 atom stereocenters. The minimum absolute atomic E-state index is 0.0417. The van der Waals surface area contributed by atoms with Crippen LogP contribution < -0.4 is 9.64 Å². The highest BCUT2D eigenvalue weighted by molar-refractivity contribution is 5.94. The predicted octanol–water partition coefficient (Wildman–Crippen LogP) is 4.86. The molecule has 0 bridgehead atoms. The van der Waals surface area contributed by atoms with Crippen molar-refractivity contribution in [1.82, 2.24) is 0 Å². The van der Waals surface area contributed by atoms with Gasteiger partial charge >= 0.3 is 0 Å². The molecule has 3 nitrogen and oxygen atoms in total. The van der Waals surface area contributed by atoms with Crippen LogP contribution in [0.25, 0.3) is 16.8 Å². The van der Waals surface area contributed by atoms with Gasteiger partial charge in [-0.25, -0.2) is 0 Å². The molecular weight excluding hydrogens is 334 g/mol. The molecule has 0 fully saturated rings. The summed E-state index contributed by atoms with van der Waals surface area (Å²) in [6, 6.07) is 18.8. The van der Waals surface area contributed by atoms with Gasteiger partial charge in [-0.15, -0.1) is 0 Å². The first-order valence-electron chi connectivity index (χ1n) is 9.36. The first-order valence-corrected chi connectivity index (χ1v) is 9.36. The van der Waals surface area contributed by atoms with E-state index in [1.807, 2.05) is 6.07 Å². The Morgan fingerprint density at radius 2 is 1.85 bits per heavy atom. The van der Waals surface area contributed by atoms with Crippen molar-refractivity contribution in [3.63, 3.8) is 0 Å². The van der Waals surface area contributed by atoms with E-state index in [9.17, 15) is 5.11 Å². The number of benzene rings is 3. The van der Waals surface area contributed by atoms with E-state index in [0.717, 1.165) is 22.6 Å². The lowest BCUT2D eigenvalue weighted by molar-refractivity contribution is 0.0584. The number of nitrogens with zero attached hydrogens (tertiary/aromatic N) is 1. The Labute approximate surface area is 159 Å². The highest BCUT2D eigenvalue weighted by atomic mass is 16.5. The average Bonchev–Trinajstić information content (AvgIpc) is 2.86. The second-order valence-corrected chi connectivity index (χ2v) is 8.02. The molecular formula is C24H23NO2. The number of hydrogen-bond acceptors (Lipinski definition) is 3. The third kappa shape index (κ3) is 2.00. The molecule has 0 amide bonds. The van der Waals surface area contributed by atoms with Crippen LogP contribution in [0.1, 0.15) is 30.5 Å². The molecule has 0 aliphatic carbocycles. The number of fused-ring (bicyclic) bond motifs is 4. The van der Waals surface area contributed by atoms with E-state index in [-0.39, 0.29) is 12.0 Å². The topological polar surface area (TPSA) is 32.7 Å². The first kappa shape index (κ1) is 16.4. The number of rotatable bonds is 1. The first-order chi connectivity index (χ1) is 13.0. The summed E-state index contributed by atoms with van der Waals surface area (Å²) in [6.07, 6.45) is 4.40. The standard InChI is InChI=1S/C24H23NO2/c1-23(2)20-10-8-16(15-26)14-21(20)25(3)24(23)13-12-19-18-7-5-4-6-17(18)9-11-22(19)27-24/h4-14,26H,15H2,1-3H3. The smallest absolute Gasteiger partial charge is 0.211 e. The summed E-state index contributed by atoms with van der Waals surface area (Å²) in [6.45, 7) is 4.49. The van der Waals surface area contributed by atoms with Crippen molar-refractivity contribution in [2.45, 2.75) is 31.6 Å². The summed E-state index contributed by atoms with van der Waals surface area (Å²) in [7, 11) is 2.07. The number of aliphatic hydroxyl groups is 1. The highest BCUT2D eigenvalue weighted by Crippen LogP contribution is 2.54. The largest absolute Gasteiger partial charge is 0.463 e. The Kier molecular flexibility index (Phi) is 3.26. The molecule has 0 aromatic heterocycles. The van der Waals surface area contributed by atoms with Gasteiger partial charge in [0.15, 0.2) is 0 Å². The third-order valence-corrected chi connectivity index (χ3v) is 6.35. The lowest BCUT2D eigenvalue weighted by atomic mass is 9.76. The fraction of sp³-hybridized carbons (Fsp3) is 0.250. The maximum Gasteiger partial charge on any atom is 0.211 e. The summed E-state index contributed by atoms with van der Waals surface area (Å²) in [5, 5.41) is 12.0. The number of hydrogen-bond donors (Lipinski definition) is 1. The van der Waals surface area contributed by atoms with Crippen LogP contribution in [-0.2, 0) is 12.0 Å². The van der Waals surface area contributed by atoms with Gasteiger partial charge < -0.3 is 14.7 Å². The van der Waals surface area contributed by atoms with E-state index < -0.39 is 5.72 Å². The molecule has 5 rings (SSSR count). The Balaban J connectivity index is 1.69. The van der Waals surface area contributed by atoms with Gasteiger partial charge in [-0.1, -0.05) is 42.5 Å². The van der Waals surface area contributed by atoms with E-state index in [1.54, 1.807) is 0 Å². The van der Waals surface area contributed by atoms with E-state index >= 15 is 0 Å². The van der Waals surface area contributed by atoms with Crippen LogP contribution in [0, 0.1) is 0 Å². The minimum atomic E-state index is -0.598. The number of anilines is 1. The van der Waals surface area contributed by atoms with Crippen molar-refractivity contribution in [3.05, 3.63) is 77.4 Å². The van der Waals surface area contributed by atoms with E-state index in [0.29, 0.717) is 0 Å². The molecule has 0 saturated heterocycles. The van der Waals surface area contributed by atoms with Gasteiger partial charge in [0.25, 0.3) is 0 Å². The van der Waals surface area contributed by atoms with Crippen molar-refractivity contribution in [1.29, 1.82) is 0 Å². The van der Waals surface area contributed by atoms with Gasteiger partial charge in [0, 0.05) is 18.3 Å². The molecule has 1 spiro atoms. The summed E-state index contributed by atoms with van der Waals surface area (Å²) in [4.78, 5) is 2.20.